The lowest BCUT2D eigenvalue weighted by Crippen LogP contribution is -2.36. The first-order chi connectivity index (χ1) is 12.2. The normalized spacial score (nSPS) is 11.1. The molecule has 0 unspecified atom stereocenters. The van der Waals surface area contributed by atoms with Gasteiger partial charge in [0.1, 0.15) is 12.4 Å². The average molecular weight is 368 g/mol. The Hall–Kier alpha value is -2.90. The van der Waals surface area contributed by atoms with E-state index in [0.29, 0.717) is 0 Å². The maximum absolute atomic E-state index is 13.7. The van der Waals surface area contributed by atoms with Crippen molar-refractivity contribution in [3.63, 3.8) is 0 Å². The van der Waals surface area contributed by atoms with Gasteiger partial charge in [0.15, 0.2) is 0 Å². The third kappa shape index (κ3) is 5.30. The smallest absolute Gasteiger partial charge is 0.329 e. The third-order valence-electron chi connectivity index (χ3n) is 3.59. The molecule has 2 rings (SSSR count). The number of benzene rings is 2. The number of hydrogen-bond donors (Lipinski definition) is 1. The van der Waals surface area contributed by atoms with E-state index in [-0.39, 0.29) is 24.3 Å². The van der Waals surface area contributed by atoms with E-state index in [4.69, 9.17) is 0 Å². The minimum atomic E-state index is -4.46. The molecule has 2 aromatic carbocycles. The van der Waals surface area contributed by atoms with Gasteiger partial charge in [-0.25, -0.2) is 4.39 Å². The highest BCUT2D eigenvalue weighted by atomic mass is 19.4. The van der Waals surface area contributed by atoms with Gasteiger partial charge in [0, 0.05) is 24.7 Å². The minimum absolute atomic E-state index is 0.0948. The van der Waals surface area contributed by atoms with Gasteiger partial charge in [-0.05, 0) is 30.3 Å². The minimum Gasteiger partial charge on any atom is -0.329 e. The van der Waals surface area contributed by atoms with Crippen molar-refractivity contribution in [1.29, 1.82) is 0 Å². The number of amides is 2. The number of hydrogen-bond acceptors (Lipinski definition) is 2. The molecule has 2 aromatic rings. The average Bonchev–Trinajstić information content (AvgIpc) is 2.55. The SMILES string of the molecule is CC(=O)N(CC(=O)Nc1ccc(C(F)(F)F)cc1)Cc1ccccc1F. The Morgan fingerprint density at radius 1 is 1.04 bits per heavy atom. The number of nitrogens with one attached hydrogen (secondary N) is 1. The summed E-state index contributed by atoms with van der Waals surface area (Å²) in [5, 5.41) is 2.41. The molecule has 0 aliphatic heterocycles. The molecule has 0 aromatic heterocycles. The van der Waals surface area contributed by atoms with Crippen LogP contribution in [0.3, 0.4) is 0 Å². The Labute approximate surface area is 147 Å². The van der Waals surface area contributed by atoms with Gasteiger partial charge in [-0.15, -0.1) is 0 Å². The number of carbonyl (C=O) groups is 2. The highest BCUT2D eigenvalue weighted by Crippen LogP contribution is 2.29. The standard InChI is InChI=1S/C18H16F4N2O2/c1-12(25)24(10-13-4-2-3-5-16(13)19)11-17(26)23-15-8-6-14(7-9-15)18(20,21)22/h2-9H,10-11H2,1H3,(H,23,26). The lowest BCUT2D eigenvalue weighted by Gasteiger charge is -2.21. The second kappa shape index (κ2) is 7.99. The fraction of sp³-hybridized carbons (Fsp3) is 0.222. The van der Waals surface area contributed by atoms with E-state index in [1.54, 1.807) is 6.07 Å². The predicted molar refractivity (Wildman–Crippen MR) is 87.6 cm³/mol. The summed E-state index contributed by atoms with van der Waals surface area (Å²) in [5.41, 5.74) is -0.414. The highest BCUT2D eigenvalue weighted by molar-refractivity contribution is 5.94. The summed E-state index contributed by atoms with van der Waals surface area (Å²) in [4.78, 5) is 24.9. The highest BCUT2D eigenvalue weighted by Gasteiger charge is 2.30. The molecule has 0 atom stereocenters. The van der Waals surface area contributed by atoms with Gasteiger partial charge in [-0.3, -0.25) is 9.59 Å². The topological polar surface area (TPSA) is 49.4 Å². The van der Waals surface area contributed by atoms with Crippen LogP contribution in [-0.2, 0) is 22.3 Å². The first kappa shape index (κ1) is 19.4. The number of anilines is 1. The zero-order valence-electron chi connectivity index (χ0n) is 13.8. The Balaban J connectivity index is 2.02. The monoisotopic (exact) mass is 368 g/mol. The number of carbonyl (C=O) groups excluding carboxylic acids is 2. The van der Waals surface area contributed by atoms with Crippen molar-refractivity contribution < 1.29 is 27.2 Å². The van der Waals surface area contributed by atoms with Gasteiger partial charge in [0.2, 0.25) is 11.8 Å². The molecule has 0 radical (unpaired) electrons. The molecule has 138 valence electrons. The molecule has 0 aliphatic rings. The van der Waals surface area contributed by atoms with Crippen LogP contribution in [0.5, 0.6) is 0 Å². The van der Waals surface area contributed by atoms with Crippen LogP contribution in [0.2, 0.25) is 0 Å². The first-order valence-electron chi connectivity index (χ1n) is 7.63. The zero-order valence-corrected chi connectivity index (χ0v) is 13.8. The quantitative estimate of drug-likeness (QED) is 0.816. The van der Waals surface area contributed by atoms with Crippen molar-refractivity contribution in [2.24, 2.45) is 0 Å². The van der Waals surface area contributed by atoms with E-state index in [1.165, 1.54) is 25.1 Å². The number of halogens is 4. The molecule has 0 fully saturated rings. The van der Waals surface area contributed by atoms with E-state index in [2.05, 4.69) is 5.32 Å². The number of rotatable bonds is 5. The molecule has 0 saturated heterocycles. The predicted octanol–water partition coefficient (Wildman–Crippen LogP) is 3.83. The second-order valence-electron chi connectivity index (χ2n) is 5.59. The molecular formula is C18H16F4N2O2. The van der Waals surface area contributed by atoms with Gasteiger partial charge in [-0.1, -0.05) is 18.2 Å². The maximum Gasteiger partial charge on any atom is 0.416 e. The van der Waals surface area contributed by atoms with Gasteiger partial charge in [0.25, 0.3) is 0 Å². The molecule has 0 saturated carbocycles. The number of nitrogens with zero attached hydrogens (tertiary/aromatic N) is 1. The summed E-state index contributed by atoms with van der Waals surface area (Å²) in [6.07, 6.45) is -4.46. The summed E-state index contributed by atoms with van der Waals surface area (Å²) in [7, 11) is 0. The summed E-state index contributed by atoms with van der Waals surface area (Å²) in [6, 6.07) is 9.79. The summed E-state index contributed by atoms with van der Waals surface area (Å²) >= 11 is 0. The maximum atomic E-state index is 13.7. The fourth-order valence-corrected chi connectivity index (χ4v) is 2.23. The van der Waals surface area contributed by atoms with Crippen LogP contribution in [0.1, 0.15) is 18.1 Å². The van der Waals surface area contributed by atoms with E-state index in [9.17, 15) is 27.2 Å². The van der Waals surface area contributed by atoms with Crippen LogP contribution >= 0.6 is 0 Å². The molecule has 26 heavy (non-hydrogen) atoms. The Morgan fingerprint density at radius 2 is 1.65 bits per heavy atom. The second-order valence-corrected chi connectivity index (χ2v) is 5.59. The lowest BCUT2D eigenvalue weighted by atomic mass is 10.2. The van der Waals surface area contributed by atoms with Crippen LogP contribution in [0.25, 0.3) is 0 Å². The van der Waals surface area contributed by atoms with Crippen molar-refractivity contribution in [3.8, 4) is 0 Å². The fourth-order valence-electron chi connectivity index (χ4n) is 2.23. The molecule has 4 nitrogen and oxygen atoms in total. The molecule has 8 heteroatoms. The summed E-state index contributed by atoms with van der Waals surface area (Å²) in [6.45, 7) is 0.791. The molecular weight excluding hydrogens is 352 g/mol. The largest absolute Gasteiger partial charge is 0.416 e. The van der Waals surface area contributed by atoms with Gasteiger partial charge < -0.3 is 10.2 Å². The number of alkyl halides is 3. The summed E-state index contributed by atoms with van der Waals surface area (Å²) in [5.74, 6) is -1.53. The Morgan fingerprint density at radius 3 is 2.19 bits per heavy atom. The molecule has 0 aliphatic carbocycles. The van der Waals surface area contributed by atoms with Crippen LogP contribution < -0.4 is 5.32 Å². The van der Waals surface area contributed by atoms with Gasteiger partial charge in [-0.2, -0.15) is 13.2 Å². The first-order valence-corrected chi connectivity index (χ1v) is 7.63. The van der Waals surface area contributed by atoms with Gasteiger partial charge >= 0.3 is 6.18 Å². The molecule has 0 heterocycles. The van der Waals surface area contributed by atoms with E-state index < -0.39 is 29.4 Å². The van der Waals surface area contributed by atoms with Crippen LogP contribution in [-0.4, -0.2) is 23.3 Å². The van der Waals surface area contributed by atoms with Crippen LogP contribution in [0.4, 0.5) is 23.2 Å². The van der Waals surface area contributed by atoms with Crippen molar-refractivity contribution in [2.75, 3.05) is 11.9 Å². The third-order valence-corrected chi connectivity index (χ3v) is 3.59. The zero-order chi connectivity index (χ0) is 19.3. The summed E-state index contributed by atoms with van der Waals surface area (Å²) < 4.78 is 51.3. The van der Waals surface area contributed by atoms with E-state index >= 15 is 0 Å². The molecule has 0 spiro atoms. The molecule has 0 bridgehead atoms. The van der Waals surface area contributed by atoms with E-state index in [0.717, 1.165) is 29.2 Å². The molecule has 1 N–H and O–H groups in total. The van der Waals surface area contributed by atoms with Crippen LogP contribution in [0.15, 0.2) is 48.5 Å². The lowest BCUT2D eigenvalue weighted by molar-refractivity contribution is -0.137. The van der Waals surface area contributed by atoms with Gasteiger partial charge in [0.05, 0.1) is 5.56 Å². The Bertz CT molecular complexity index is 789. The van der Waals surface area contributed by atoms with Crippen LogP contribution in [0, 0.1) is 5.82 Å². The van der Waals surface area contributed by atoms with Crippen molar-refractivity contribution in [2.45, 2.75) is 19.6 Å². The Kier molecular flexibility index (Phi) is 5.97. The van der Waals surface area contributed by atoms with Crippen molar-refractivity contribution in [1.82, 2.24) is 4.90 Å². The van der Waals surface area contributed by atoms with E-state index in [1.807, 2.05) is 0 Å². The molecule has 2 amide bonds. The van der Waals surface area contributed by atoms with Crippen molar-refractivity contribution >= 4 is 17.5 Å². The van der Waals surface area contributed by atoms with Crippen molar-refractivity contribution in [3.05, 3.63) is 65.5 Å².